The van der Waals surface area contributed by atoms with Gasteiger partial charge < -0.3 is 15.4 Å². The van der Waals surface area contributed by atoms with E-state index in [0.717, 1.165) is 4.90 Å². The van der Waals surface area contributed by atoms with Crippen LogP contribution in [-0.2, 0) is 14.3 Å². The number of nitrogens with one attached hydrogen (secondary N) is 2. The van der Waals surface area contributed by atoms with Crippen molar-refractivity contribution in [1.82, 2.24) is 10.6 Å². The van der Waals surface area contributed by atoms with Crippen molar-refractivity contribution >= 4 is 29.5 Å². The highest BCUT2D eigenvalue weighted by atomic mass is 32.2. The Labute approximate surface area is 127 Å². The van der Waals surface area contributed by atoms with Gasteiger partial charge in [-0.05, 0) is 37.4 Å². The van der Waals surface area contributed by atoms with E-state index in [-0.39, 0.29) is 12.5 Å². The van der Waals surface area contributed by atoms with Crippen LogP contribution >= 0.6 is 11.8 Å². The van der Waals surface area contributed by atoms with Gasteiger partial charge in [-0.15, -0.1) is 11.8 Å². The van der Waals surface area contributed by atoms with E-state index in [1.807, 2.05) is 6.26 Å². The maximum Gasteiger partial charge on any atom is 0.338 e. The lowest BCUT2D eigenvalue weighted by atomic mass is 10.2. The molecule has 0 unspecified atom stereocenters. The summed E-state index contributed by atoms with van der Waals surface area (Å²) in [6.07, 6.45) is 1.94. The second kappa shape index (κ2) is 9.02. The average molecular weight is 310 g/mol. The SMILES string of the molecule is CCNC(=O)CNC(=O)COC(=O)c1ccc(SC)cc1. The smallest absolute Gasteiger partial charge is 0.338 e. The molecule has 2 amide bonds. The van der Waals surface area contributed by atoms with E-state index in [1.165, 1.54) is 0 Å². The molecule has 0 saturated carbocycles. The van der Waals surface area contributed by atoms with Crippen LogP contribution < -0.4 is 10.6 Å². The third-order valence-corrected chi connectivity index (χ3v) is 3.22. The van der Waals surface area contributed by atoms with Crippen molar-refractivity contribution in [3.05, 3.63) is 29.8 Å². The molecule has 6 nitrogen and oxygen atoms in total. The molecular formula is C14H18N2O4S. The molecule has 0 spiro atoms. The van der Waals surface area contributed by atoms with E-state index in [1.54, 1.807) is 43.0 Å². The molecule has 1 aromatic rings. The van der Waals surface area contributed by atoms with Gasteiger partial charge in [-0.2, -0.15) is 0 Å². The minimum absolute atomic E-state index is 0.132. The number of ether oxygens (including phenoxy) is 1. The van der Waals surface area contributed by atoms with E-state index in [2.05, 4.69) is 10.6 Å². The van der Waals surface area contributed by atoms with Gasteiger partial charge in [0.05, 0.1) is 12.1 Å². The molecule has 0 radical (unpaired) electrons. The first-order valence-corrected chi connectivity index (χ1v) is 7.63. The zero-order chi connectivity index (χ0) is 15.7. The fourth-order valence-electron chi connectivity index (χ4n) is 1.43. The van der Waals surface area contributed by atoms with E-state index in [9.17, 15) is 14.4 Å². The summed E-state index contributed by atoms with van der Waals surface area (Å²) in [5.41, 5.74) is 0.379. The molecule has 2 N–H and O–H groups in total. The van der Waals surface area contributed by atoms with Crippen LogP contribution in [0.15, 0.2) is 29.2 Å². The van der Waals surface area contributed by atoms with Crippen molar-refractivity contribution < 1.29 is 19.1 Å². The minimum Gasteiger partial charge on any atom is -0.452 e. The number of likely N-dealkylation sites (N-methyl/N-ethyl adjacent to an activating group) is 1. The lowest BCUT2D eigenvalue weighted by molar-refractivity contribution is -0.127. The molecule has 0 aliphatic rings. The molecular weight excluding hydrogens is 292 g/mol. The first-order chi connectivity index (χ1) is 10.1. The summed E-state index contributed by atoms with van der Waals surface area (Å²) in [4.78, 5) is 35.3. The summed E-state index contributed by atoms with van der Waals surface area (Å²) in [6, 6.07) is 6.88. The maximum absolute atomic E-state index is 11.7. The number of rotatable bonds is 7. The van der Waals surface area contributed by atoms with Crippen molar-refractivity contribution in [1.29, 1.82) is 0 Å². The van der Waals surface area contributed by atoms with Crippen LogP contribution in [0.5, 0.6) is 0 Å². The fourth-order valence-corrected chi connectivity index (χ4v) is 1.84. The van der Waals surface area contributed by atoms with Crippen molar-refractivity contribution in [3.8, 4) is 0 Å². The lowest BCUT2D eigenvalue weighted by Gasteiger charge is -2.07. The predicted octanol–water partition coefficient (Wildman–Crippen LogP) is 0.818. The largest absolute Gasteiger partial charge is 0.452 e. The zero-order valence-electron chi connectivity index (χ0n) is 12.0. The number of carbonyl (C=O) groups is 3. The van der Waals surface area contributed by atoms with Crippen molar-refractivity contribution in [2.24, 2.45) is 0 Å². The topological polar surface area (TPSA) is 84.5 Å². The third kappa shape index (κ3) is 6.31. The van der Waals surface area contributed by atoms with Gasteiger partial charge in [-0.3, -0.25) is 9.59 Å². The Bertz CT molecular complexity index is 502. The molecule has 114 valence electrons. The van der Waals surface area contributed by atoms with Gasteiger partial charge in [-0.25, -0.2) is 4.79 Å². The summed E-state index contributed by atoms with van der Waals surface area (Å²) < 4.78 is 4.87. The van der Waals surface area contributed by atoms with Gasteiger partial charge in [0.1, 0.15) is 0 Å². The standard InChI is InChI=1S/C14H18N2O4S/c1-3-15-12(17)8-16-13(18)9-20-14(19)10-4-6-11(21-2)7-5-10/h4-7H,3,8-9H2,1-2H3,(H,15,17)(H,16,18). The summed E-state index contributed by atoms with van der Waals surface area (Å²) in [7, 11) is 0. The van der Waals surface area contributed by atoms with Gasteiger partial charge in [0.2, 0.25) is 5.91 Å². The number of thioether (sulfide) groups is 1. The molecule has 0 aromatic heterocycles. The van der Waals surface area contributed by atoms with Crippen LogP contribution in [0.1, 0.15) is 17.3 Å². The maximum atomic E-state index is 11.7. The summed E-state index contributed by atoms with van der Waals surface area (Å²) in [5.74, 6) is -1.38. The third-order valence-electron chi connectivity index (χ3n) is 2.48. The molecule has 0 fully saturated rings. The molecule has 1 aromatic carbocycles. The highest BCUT2D eigenvalue weighted by Crippen LogP contribution is 2.15. The molecule has 0 aliphatic heterocycles. The number of esters is 1. The lowest BCUT2D eigenvalue weighted by Crippen LogP contribution is -2.38. The molecule has 21 heavy (non-hydrogen) atoms. The molecule has 0 atom stereocenters. The second-order valence-corrected chi connectivity index (χ2v) is 4.91. The number of hydrogen-bond acceptors (Lipinski definition) is 5. The monoisotopic (exact) mass is 310 g/mol. The molecule has 0 saturated heterocycles. The van der Waals surface area contributed by atoms with Crippen LogP contribution in [0, 0.1) is 0 Å². The Morgan fingerprint density at radius 2 is 1.76 bits per heavy atom. The first kappa shape index (κ1) is 17.0. The Kier molecular flexibility index (Phi) is 7.31. The minimum atomic E-state index is -0.573. The highest BCUT2D eigenvalue weighted by molar-refractivity contribution is 7.98. The van der Waals surface area contributed by atoms with Crippen LogP contribution in [0.4, 0.5) is 0 Å². The van der Waals surface area contributed by atoms with E-state index < -0.39 is 18.5 Å². The molecule has 0 aliphatic carbocycles. The predicted molar refractivity (Wildman–Crippen MR) is 80.2 cm³/mol. The van der Waals surface area contributed by atoms with Gasteiger partial charge in [0.15, 0.2) is 6.61 Å². The summed E-state index contributed by atoms with van der Waals surface area (Å²) in [6.45, 7) is 1.73. The summed E-state index contributed by atoms with van der Waals surface area (Å²) >= 11 is 1.57. The summed E-state index contributed by atoms with van der Waals surface area (Å²) in [5, 5.41) is 4.90. The number of amides is 2. The van der Waals surface area contributed by atoms with Crippen molar-refractivity contribution in [3.63, 3.8) is 0 Å². The molecule has 7 heteroatoms. The Hall–Kier alpha value is -2.02. The Morgan fingerprint density at radius 3 is 2.33 bits per heavy atom. The van der Waals surface area contributed by atoms with Crippen LogP contribution in [0.25, 0.3) is 0 Å². The van der Waals surface area contributed by atoms with Crippen molar-refractivity contribution in [2.75, 3.05) is 26.0 Å². The molecule has 0 heterocycles. The number of hydrogen-bond donors (Lipinski definition) is 2. The average Bonchev–Trinajstić information content (AvgIpc) is 2.51. The van der Waals surface area contributed by atoms with E-state index in [0.29, 0.717) is 12.1 Å². The normalized spacial score (nSPS) is 9.81. The van der Waals surface area contributed by atoms with Crippen LogP contribution in [0.2, 0.25) is 0 Å². The van der Waals surface area contributed by atoms with Crippen molar-refractivity contribution in [2.45, 2.75) is 11.8 Å². The first-order valence-electron chi connectivity index (χ1n) is 6.41. The number of carbonyl (C=O) groups excluding carboxylic acids is 3. The Balaban J connectivity index is 2.34. The fraction of sp³-hybridized carbons (Fsp3) is 0.357. The van der Waals surface area contributed by atoms with Gasteiger partial charge in [0, 0.05) is 11.4 Å². The second-order valence-electron chi connectivity index (χ2n) is 4.03. The van der Waals surface area contributed by atoms with E-state index in [4.69, 9.17) is 4.74 Å². The zero-order valence-corrected chi connectivity index (χ0v) is 12.8. The quantitative estimate of drug-likeness (QED) is 0.575. The van der Waals surface area contributed by atoms with Crippen LogP contribution in [0.3, 0.4) is 0 Å². The van der Waals surface area contributed by atoms with Gasteiger partial charge in [-0.1, -0.05) is 0 Å². The number of benzene rings is 1. The van der Waals surface area contributed by atoms with E-state index >= 15 is 0 Å². The van der Waals surface area contributed by atoms with Crippen LogP contribution in [-0.4, -0.2) is 43.7 Å². The van der Waals surface area contributed by atoms with Gasteiger partial charge >= 0.3 is 5.97 Å². The van der Waals surface area contributed by atoms with Gasteiger partial charge in [0.25, 0.3) is 5.91 Å². The highest BCUT2D eigenvalue weighted by Gasteiger charge is 2.10. The molecule has 0 bridgehead atoms. The molecule has 1 rings (SSSR count). The Morgan fingerprint density at radius 1 is 1.10 bits per heavy atom.